The summed E-state index contributed by atoms with van der Waals surface area (Å²) < 4.78 is 0. The summed E-state index contributed by atoms with van der Waals surface area (Å²) >= 11 is 0. The number of rotatable bonds is 4. The van der Waals surface area contributed by atoms with E-state index >= 15 is 0 Å². The Hall–Kier alpha value is -2.94. The third kappa shape index (κ3) is 3.64. The molecule has 2 aromatic carbocycles. The Morgan fingerprint density at radius 1 is 0.957 bits per heavy atom. The van der Waals surface area contributed by atoms with Gasteiger partial charge in [0, 0.05) is 11.1 Å². The summed E-state index contributed by atoms with van der Waals surface area (Å²) in [6, 6.07) is 17.7. The third-order valence-electron chi connectivity index (χ3n) is 3.70. The lowest BCUT2D eigenvalue weighted by atomic mass is 10.1. The van der Waals surface area contributed by atoms with E-state index in [4.69, 9.17) is 0 Å². The van der Waals surface area contributed by atoms with Gasteiger partial charge in [0.1, 0.15) is 0 Å². The zero-order valence-electron chi connectivity index (χ0n) is 13.2. The fourth-order valence-electron chi connectivity index (χ4n) is 2.27. The summed E-state index contributed by atoms with van der Waals surface area (Å²) in [7, 11) is 0. The van der Waals surface area contributed by atoms with Crippen molar-refractivity contribution >= 4 is 11.9 Å². The Morgan fingerprint density at radius 2 is 1.57 bits per heavy atom. The first kappa shape index (κ1) is 15.0. The largest absolute Gasteiger partial charge is 0.289 e. The molecule has 0 saturated carbocycles. The van der Waals surface area contributed by atoms with Crippen molar-refractivity contribution in [2.75, 3.05) is 0 Å². The van der Waals surface area contributed by atoms with E-state index in [1.807, 2.05) is 49.4 Å². The third-order valence-corrected chi connectivity index (χ3v) is 3.70. The van der Waals surface area contributed by atoms with Crippen molar-refractivity contribution in [2.24, 2.45) is 0 Å². The molecule has 0 unspecified atom stereocenters. The van der Waals surface area contributed by atoms with Crippen LogP contribution in [0.15, 0.2) is 60.7 Å². The monoisotopic (exact) mass is 302 g/mol. The first-order valence-corrected chi connectivity index (χ1v) is 7.53. The molecule has 0 aliphatic carbocycles. The number of nitrogens with one attached hydrogen (secondary N) is 1. The number of carbonyl (C=O) groups is 1. The van der Waals surface area contributed by atoms with E-state index in [2.05, 4.69) is 29.3 Å². The highest BCUT2D eigenvalue weighted by atomic mass is 16.1. The van der Waals surface area contributed by atoms with E-state index in [1.54, 1.807) is 12.2 Å². The fraction of sp³-hybridized carbons (Fsp3) is 0.100. The van der Waals surface area contributed by atoms with E-state index in [-0.39, 0.29) is 5.78 Å². The standard InChI is InChI=1S/C20H18N2O/c1-14-3-7-16(8-4-14)19-13-18(21-22-19)11-12-20(23)17-9-5-15(2)6-10-17/h3-13H,1-2H3,(H,21,22)/b12-11+. The van der Waals surface area contributed by atoms with Crippen molar-refractivity contribution in [1.82, 2.24) is 10.2 Å². The highest BCUT2D eigenvalue weighted by molar-refractivity contribution is 6.06. The summed E-state index contributed by atoms with van der Waals surface area (Å²) in [5.41, 5.74) is 5.77. The van der Waals surface area contributed by atoms with Gasteiger partial charge in [-0.3, -0.25) is 9.89 Å². The van der Waals surface area contributed by atoms with Gasteiger partial charge in [0.2, 0.25) is 0 Å². The highest BCUT2D eigenvalue weighted by Gasteiger charge is 2.04. The predicted octanol–water partition coefficient (Wildman–Crippen LogP) is 4.59. The Morgan fingerprint density at radius 3 is 2.22 bits per heavy atom. The number of aromatic amines is 1. The first-order valence-electron chi connectivity index (χ1n) is 7.53. The van der Waals surface area contributed by atoms with Gasteiger partial charge in [-0.1, -0.05) is 59.7 Å². The van der Waals surface area contributed by atoms with Gasteiger partial charge >= 0.3 is 0 Å². The molecule has 0 radical (unpaired) electrons. The molecule has 3 nitrogen and oxygen atoms in total. The van der Waals surface area contributed by atoms with Gasteiger partial charge in [0.15, 0.2) is 5.78 Å². The second kappa shape index (κ2) is 6.44. The van der Waals surface area contributed by atoms with Crippen molar-refractivity contribution < 1.29 is 4.79 Å². The number of aryl methyl sites for hydroxylation is 2. The minimum atomic E-state index is -0.0171. The molecule has 1 aromatic heterocycles. The van der Waals surface area contributed by atoms with E-state index < -0.39 is 0 Å². The number of benzene rings is 2. The molecule has 0 saturated heterocycles. The molecular formula is C20H18N2O. The number of aromatic nitrogens is 2. The Bertz CT molecular complexity index is 840. The number of carbonyl (C=O) groups excluding carboxylic acids is 1. The summed E-state index contributed by atoms with van der Waals surface area (Å²) in [5, 5.41) is 7.24. The molecule has 3 heteroatoms. The van der Waals surface area contributed by atoms with Crippen LogP contribution in [-0.4, -0.2) is 16.0 Å². The van der Waals surface area contributed by atoms with Crippen LogP contribution in [0.3, 0.4) is 0 Å². The van der Waals surface area contributed by atoms with Crippen LogP contribution < -0.4 is 0 Å². The lowest BCUT2D eigenvalue weighted by Gasteiger charge is -1.96. The van der Waals surface area contributed by atoms with Crippen molar-refractivity contribution in [3.8, 4) is 11.3 Å². The number of hydrogen-bond donors (Lipinski definition) is 1. The summed E-state index contributed by atoms with van der Waals surface area (Å²) in [6.45, 7) is 4.06. The van der Waals surface area contributed by atoms with Gasteiger partial charge in [0.25, 0.3) is 0 Å². The molecule has 0 amide bonds. The fourth-order valence-corrected chi connectivity index (χ4v) is 2.27. The number of allylic oxidation sites excluding steroid dienone is 1. The molecule has 0 bridgehead atoms. The maximum absolute atomic E-state index is 12.1. The van der Waals surface area contributed by atoms with Gasteiger partial charge in [-0.25, -0.2) is 0 Å². The van der Waals surface area contributed by atoms with E-state index in [1.165, 1.54) is 5.56 Å². The second-order valence-electron chi connectivity index (χ2n) is 5.64. The molecule has 114 valence electrons. The first-order chi connectivity index (χ1) is 11.1. The number of ketones is 1. The van der Waals surface area contributed by atoms with Gasteiger partial charge in [-0.2, -0.15) is 5.10 Å². The minimum Gasteiger partial charge on any atom is -0.289 e. The van der Waals surface area contributed by atoms with Crippen molar-refractivity contribution in [3.63, 3.8) is 0 Å². The molecule has 0 aliphatic rings. The van der Waals surface area contributed by atoms with Crippen molar-refractivity contribution in [1.29, 1.82) is 0 Å². The van der Waals surface area contributed by atoms with Gasteiger partial charge in [-0.05, 0) is 32.1 Å². The number of nitrogens with zero attached hydrogens (tertiary/aromatic N) is 1. The lowest BCUT2D eigenvalue weighted by molar-refractivity contribution is 0.104. The van der Waals surface area contributed by atoms with Crippen LogP contribution >= 0.6 is 0 Å². The number of hydrogen-bond acceptors (Lipinski definition) is 2. The lowest BCUT2D eigenvalue weighted by Crippen LogP contribution is -1.93. The maximum Gasteiger partial charge on any atom is 0.185 e. The normalized spacial score (nSPS) is 11.0. The summed E-state index contributed by atoms with van der Waals surface area (Å²) in [4.78, 5) is 12.1. The average Bonchev–Trinajstić information content (AvgIpc) is 3.03. The topological polar surface area (TPSA) is 45.8 Å². The van der Waals surface area contributed by atoms with Crippen LogP contribution in [0.5, 0.6) is 0 Å². The second-order valence-corrected chi connectivity index (χ2v) is 5.64. The van der Waals surface area contributed by atoms with Crippen molar-refractivity contribution in [2.45, 2.75) is 13.8 Å². The van der Waals surface area contributed by atoms with Crippen LogP contribution in [0.4, 0.5) is 0 Å². The summed E-state index contributed by atoms with van der Waals surface area (Å²) in [5.74, 6) is -0.0171. The molecule has 23 heavy (non-hydrogen) atoms. The molecule has 0 aliphatic heterocycles. The Balaban J connectivity index is 1.74. The molecule has 1 N–H and O–H groups in total. The molecular weight excluding hydrogens is 284 g/mol. The molecule has 0 atom stereocenters. The molecule has 3 rings (SSSR count). The predicted molar refractivity (Wildman–Crippen MR) is 93.3 cm³/mol. The van der Waals surface area contributed by atoms with Gasteiger partial charge in [-0.15, -0.1) is 0 Å². The average molecular weight is 302 g/mol. The maximum atomic E-state index is 12.1. The Labute approximate surface area is 135 Å². The zero-order chi connectivity index (χ0) is 16.2. The van der Waals surface area contributed by atoms with Gasteiger partial charge < -0.3 is 0 Å². The van der Waals surface area contributed by atoms with Gasteiger partial charge in [0.05, 0.1) is 11.4 Å². The Kier molecular flexibility index (Phi) is 4.20. The molecule has 0 fully saturated rings. The van der Waals surface area contributed by atoms with Crippen LogP contribution in [0, 0.1) is 13.8 Å². The highest BCUT2D eigenvalue weighted by Crippen LogP contribution is 2.18. The molecule has 0 spiro atoms. The van der Waals surface area contributed by atoms with E-state index in [0.29, 0.717) is 5.56 Å². The number of H-pyrrole nitrogens is 1. The van der Waals surface area contributed by atoms with Crippen molar-refractivity contribution in [3.05, 3.63) is 83.1 Å². The van der Waals surface area contributed by atoms with E-state index in [0.717, 1.165) is 22.5 Å². The SMILES string of the molecule is Cc1ccc(C(=O)/C=C/c2cc(-c3ccc(C)cc3)n[nH]2)cc1. The van der Waals surface area contributed by atoms with Crippen LogP contribution in [0.25, 0.3) is 17.3 Å². The quantitative estimate of drug-likeness (QED) is 0.566. The molecule has 1 heterocycles. The van der Waals surface area contributed by atoms with Crippen LogP contribution in [0.1, 0.15) is 27.2 Å². The van der Waals surface area contributed by atoms with Crippen LogP contribution in [0.2, 0.25) is 0 Å². The van der Waals surface area contributed by atoms with E-state index in [9.17, 15) is 4.79 Å². The summed E-state index contributed by atoms with van der Waals surface area (Å²) in [6.07, 6.45) is 3.32. The zero-order valence-corrected chi connectivity index (χ0v) is 13.2. The smallest absolute Gasteiger partial charge is 0.185 e. The van der Waals surface area contributed by atoms with Crippen LogP contribution in [-0.2, 0) is 0 Å². The minimum absolute atomic E-state index is 0.0171. The molecule has 3 aromatic rings.